The number of hydrogen-bond acceptors (Lipinski definition) is 4. The zero-order chi connectivity index (χ0) is 15.7. The Morgan fingerprint density at radius 2 is 1.62 bits per heavy atom. The molecular formula is C17H30O4. The van der Waals surface area contributed by atoms with Crippen molar-refractivity contribution in [3.05, 3.63) is 11.6 Å². The molecule has 21 heavy (non-hydrogen) atoms. The Bertz CT molecular complexity index is 322. The maximum Gasteiger partial charge on any atom is 0.333 e. The summed E-state index contributed by atoms with van der Waals surface area (Å²) in [7, 11) is 3.53. The fraction of sp³-hybridized carbons (Fsp3) is 0.824. The smallest absolute Gasteiger partial charge is 0.333 e. The molecule has 0 amide bonds. The maximum absolute atomic E-state index is 11.8. The number of methoxy groups -OCH3 is 2. The third-order valence-corrected chi connectivity index (χ3v) is 4.37. The van der Waals surface area contributed by atoms with Crippen molar-refractivity contribution in [1.82, 2.24) is 0 Å². The van der Waals surface area contributed by atoms with Gasteiger partial charge < -0.3 is 14.2 Å². The Balaban J connectivity index is 2.60. The van der Waals surface area contributed by atoms with Crippen LogP contribution in [-0.4, -0.2) is 39.0 Å². The van der Waals surface area contributed by atoms with E-state index >= 15 is 0 Å². The molecule has 1 aliphatic rings. The van der Waals surface area contributed by atoms with Crippen molar-refractivity contribution in [3.8, 4) is 0 Å². The molecule has 0 N–H and O–H groups in total. The van der Waals surface area contributed by atoms with Gasteiger partial charge in [-0.3, -0.25) is 0 Å². The third-order valence-electron chi connectivity index (χ3n) is 4.37. The minimum atomic E-state index is -0.222. The van der Waals surface area contributed by atoms with Gasteiger partial charge in [-0.15, -0.1) is 0 Å². The van der Waals surface area contributed by atoms with Gasteiger partial charge >= 0.3 is 5.97 Å². The molecule has 0 bridgehead atoms. The van der Waals surface area contributed by atoms with Gasteiger partial charge in [0.15, 0.2) is 0 Å². The summed E-state index contributed by atoms with van der Waals surface area (Å²) in [6.07, 6.45) is 8.64. The van der Waals surface area contributed by atoms with Gasteiger partial charge in [-0.2, -0.15) is 0 Å². The minimum Gasteiger partial charge on any atom is -0.462 e. The van der Waals surface area contributed by atoms with Crippen LogP contribution in [0.3, 0.4) is 0 Å². The minimum absolute atomic E-state index is 0.222. The van der Waals surface area contributed by atoms with Crippen molar-refractivity contribution in [2.24, 2.45) is 5.92 Å². The van der Waals surface area contributed by atoms with E-state index in [-0.39, 0.29) is 18.2 Å². The van der Waals surface area contributed by atoms with Crippen LogP contribution < -0.4 is 0 Å². The first-order valence-corrected chi connectivity index (χ1v) is 7.96. The summed E-state index contributed by atoms with van der Waals surface area (Å²) in [6, 6.07) is 0. The lowest BCUT2D eigenvalue weighted by Crippen LogP contribution is -2.25. The molecule has 4 heteroatoms. The summed E-state index contributed by atoms with van der Waals surface area (Å²) >= 11 is 0. The molecule has 0 saturated heterocycles. The average molecular weight is 298 g/mol. The van der Waals surface area contributed by atoms with Crippen molar-refractivity contribution in [2.45, 2.75) is 64.6 Å². The molecule has 0 heterocycles. The lowest BCUT2D eigenvalue weighted by Gasteiger charge is -2.24. The van der Waals surface area contributed by atoms with Gasteiger partial charge in [0, 0.05) is 19.8 Å². The molecule has 0 spiro atoms. The Morgan fingerprint density at radius 3 is 2.05 bits per heavy atom. The Labute approximate surface area is 128 Å². The van der Waals surface area contributed by atoms with E-state index in [1.165, 1.54) is 12.8 Å². The summed E-state index contributed by atoms with van der Waals surface area (Å²) in [5.74, 6) is 0.0758. The Kier molecular flexibility index (Phi) is 8.62. The van der Waals surface area contributed by atoms with E-state index in [0.717, 1.165) is 25.7 Å². The van der Waals surface area contributed by atoms with Crippen molar-refractivity contribution in [1.29, 1.82) is 0 Å². The van der Waals surface area contributed by atoms with Crippen LogP contribution in [0, 0.1) is 5.92 Å². The number of hydrogen-bond donors (Lipinski definition) is 0. The monoisotopic (exact) mass is 298 g/mol. The van der Waals surface area contributed by atoms with E-state index in [1.54, 1.807) is 27.2 Å². The summed E-state index contributed by atoms with van der Waals surface area (Å²) in [6.45, 7) is 4.07. The highest BCUT2D eigenvalue weighted by Crippen LogP contribution is 2.25. The number of allylic oxidation sites excluding steroid dienone is 1. The zero-order valence-corrected chi connectivity index (χ0v) is 13.9. The number of carbonyl (C=O) groups excluding carboxylic acids is 1. The van der Waals surface area contributed by atoms with Crippen LogP contribution >= 0.6 is 0 Å². The molecule has 1 saturated carbocycles. The number of esters is 1. The second-order valence-electron chi connectivity index (χ2n) is 5.91. The van der Waals surface area contributed by atoms with Crippen molar-refractivity contribution < 1.29 is 19.0 Å². The largest absolute Gasteiger partial charge is 0.462 e. The van der Waals surface area contributed by atoms with Crippen LogP contribution in [0.1, 0.15) is 52.4 Å². The molecular weight excluding hydrogens is 268 g/mol. The van der Waals surface area contributed by atoms with E-state index in [2.05, 4.69) is 0 Å². The molecule has 0 aromatic rings. The number of carbonyl (C=O) groups is 1. The first-order valence-electron chi connectivity index (χ1n) is 7.96. The number of rotatable bonds is 5. The van der Waals surface area contributed by atoms with Crippen molar-refractivity contribution in [3.63, 3.8) is 0 Å². The van der Waals surface area contributed by atoms with E-state index in [9.17, 15) is 4.79 Å². The topological polar surface area (TPSA) is 44.8 Å². The Morgan fingerprint density at radius 1 is 1.10 bits per heavy atom. The van der Waals surface area contributed by atoms with Crippen LogP contribution in [0.25, 0.3) is 0 Å². The summed E-state index contributed by atoms with van der Waals surface area (Å²) in [5, 5.41) is 0. The lowest BCUT2D eigenvalue weighted by atomic mass is 9.95. The summed E-state index contributed by atoms with van der Waals surface area (Å²) in [5.41, 5.74) is 0.657. The zero-order valence-electron chi connectivity index (χ0n) is 13.9. The summed E-state index contributed by atoms with van der Waals surface area (Å²) < 4.78 is 16.6. The van der Waals surface area contributed by atoms with Crippen LogP contribution in [0.2, 0.25) is 0 Å². The van der Waals surface area contributed by atoms with Crippen LogP contribution in [-0.2, 0) is 19.0 Å². The predicted octanol–water partition coefficient (Wildman–Crippen LogP) is 3.50. The molecule has 122 valence electrons. The molecule has 2 atom stereocenters. The van der Waals surface area contributed by atoms with Crippen molar-refractivity contribution in [2.75, 3.05) is 20.8 Å². The molecule has 1 aliphatic carbocycles. The average Bonchev–Trinajstić information content (AvgIpc) is 2.61. The van der Waals surface area contributed by atoms with Gasteiger partial charge in [0.25, 0.3) is 0 Å². The number of ether oxygens (including phenoxy) is 3. The quantitative estimate of drug-likeness (QED) is 0.575. The van der Waals surface area contributed by atoms with E-state index < -0.39 is 0 Å². The molecule has 0 aromatic heterocycles. The first-order chi connectivity index (χ1) is 10.1. The highest BCUT2D eigenvalue weighted by Gasteiger charge is 2.24. The first kappa shape index (κ1) is 18.2. The molecule has 1 rings (SSSR count). The Hall–Kier alpha value is -0.870. The van der Waals surface area contributed by atoms with E-state index in [0.29, 0.717) is 18.1 Å². The van der Waals surface area contributed by atoms with E-state index in [4.69, 9.17) is 14.2 Å². The maximum atomic E-state index is 11.8. The van der Waals surface area contributed by atoms with Gasteiger partial charge in [0.05, 0.1) is 18.8 Å². The van der Waals surface area contributed by atoms with Crippen LogP contribution in [0.4, 0.5) is 0 Å². The summed E-state index contributed by atoms with van der Waals surface area (Å²) in [4.78, 5) is 11.8. The standard InChI is InChI=1S/C17H30O4/c1-5-13(2)17(18)21-12-14-10-15(19-3)8-6-7-9-16(11-14)20-4/h5,14-16H,6-12H2,1-4H3. The van der Waals surface area contributed by atoms with Gasteiger partial charge in [0.2, 0.25) is 0 Å². The van der Waals surface area contributed by atoms with Gasteiger partial charge in [-0.25, -0.2) is 4.79 Å². The molecule has 0 aromatic carbocycles. The van der Waals surface area contributed by atoms with Crippen LogP contribution in [0.5, 0.6) is 0 Å². The normalized spacial score (nSPS) is 28.4. The fourth-order valence-electron chi connectivity index (χ4n) is 2.81. The SMILES string of the molecule is CC=C(C)C(=O)OCC1CC(OC)CCCCC(OC)C1. The highest BCUT2D eigenvalue weighted by molar-refractivity contribution is 5.87. The van der Waals surface area contributed by atoms with Crippen LogP contribution in [0.15, 0.2) is 11.6 Å². The van der Waals surface area contributed by atoms with E-state index in [1.807, 2.05) is 6.92 Å². The van der Waals surface area contributed by atoms with Crippen molar-refractivity contribution >= 4 is 5.97 Å². The predicted molar refractivity (Wildman–Crippen MR) is 83.2 cm³/mol. The molecule has 2 unspecified atom stereocenters. The van der Waals surface area contributed by atoms with Gasteiger partial charge in [0.1, 0.15) is 0 Å². The molecule has 0 radical (unpaired) electrons. The molecule has 0 aliphatic heterocycles. The van der Waals surface area contributed by atoms with Gasteiger partial charge in [-0.05, 0) is 45.4 Å². The lowest BCUT2D eigenvalue weighted by molar-refractivity contribution is -0.141. The molecule has 4 nitrogen and oxygen atoms in total. The van der Waals surface area contributed by atoms with Gasteiger partial charge in [-0.1, -0.05) is 18.9 Å². The second kappa shape index (κ2) is 9.96. The highest BCUT2D eigenvalue weighted by atomic mass is 16.5. The second-order valence-corrected chi connectivity index (χ2v) is 5.91. The molecule has 1 fully saturated rings. The third kappa shape index (κ3) is 6.62. The fourth-order valence-corrected chi connectivity index (χ4v) is 2.81.